The molecule has 3 nitrogen and oxygen atoms in total. The normalized spacial score (nSPS) is 27.6. The molecule has 3 aromatic rings. The van der Waals surface area contributed by atoms with E-state index in [0.717, 1.165) is 29.7 Å². The Morgan fingerprint density at radius 2 is 1.74 bits per heavy atom. The number of carbonyl (C=O) groups is 1. The molecule has 5 unspecified atom stereocenters. The largest absolute Gasteiger partial charge is 0.462 e. The fraction of sp³-hybridized carbons (Fsp3) is 0.308. The van der Waals surface area contributed by atoms with E-state index < -0.39 is 0 Å². The molecule has 1 aliphatic carbocycles. The third-order valence-electron chi connectivity index (χ3n) is 6.84. The van der Waals surface area contributed by atoms with Gasteiger partial charge in [0.2, 0.25) is 0 Å². The second-order valence-corrected chi connectivity index (χ2v) is 9.39. The molecule has 158 valence electrons. The number of aromatic nitrogens is 1. The van der Waals surface area contributed by atoms with E-state index >= 15 is 0 Å². The number of benzene rings is 2. The van der Waals surface area contributed by atoms with E-state index in [2.05, 4.69) is 30.3 Å². The summed E-state index contributed by atoms with van der Waals surface area (Å²) in [5.74, 6) is 0.429. The highest BCUT2D eigenvalue weighted by atomic mass is 35.5. The van der Waals surface area contributed by atoms with Crippen molar-refractivity contribution in [2.75, 3.05) is 0 Å². The van der Waals surface area contributed by atoms with Crippen molar-refractivity contribution < 1.29 is 9.53 Å². The van der Waals surface area contributed by atoms with Gasteiger partial charge in [0.25, 0.3) is 0 Å². The van der Waals surface area contributed by atoms with Gasteiger partial charge in [0, 0.05) is 44.9 Å². The highest BCUT2D eigenvalue weighted by molar-refractivity contribution is 6.35. The van der Waals surface area contributed by atoms with Crippen molar-refractivity contribution in [1.82, 2.24) is 4.98 Å². The zero-order valence-electron chi connectivity index (χ0n) is 17.2. The van der Waals surface area contributed by atoms with E-state index in [1.54, 1.807) is 12.1 Å². The van der Waals surface area contributed by atoms with Gasteiger partial charge in [-0.2, -0.15) is 0 Å². The fourth-order valence-electron chi connectivity index (χ4n) is 5.45. The maximum absolute atomic E-state index is 12.5. The minimum Gasteiger partial charge on any atom is -0.462 e. The first kappa shape index (κ1) is 20.5. The number of nitrogens with zero attached hydrogens (tertiary/aromatic N) is 1. The molecule has 1 aromatic heterocycles. The van der Waals surface area contributed by atoms with Gasteiger partial charge in [-0.3, -0.25) is 9.78 Å². The molecule has 0 spiro atoms. The molecule has 2 aromatic carbocycles. The monoisotopic (exact) mass is 451 g/mol. The SMILES string of the molecule is CC1OC(=O)C2CCC(c3ccccc3)C(c3ccc(-c4cc(Cl)ccc4Cl)cn3)C12. The predicted octanol–water partition coefficient (Wildman–Crippen LogP) is 6.89. The van der Waals surface area contributed by atoms with Crippen molar-refractivity contribution in [2.45, 2.75) is 37.7 Å². The summed E-state index contributed by atoms with van der Waals surface area (Å²) < 4.78 is 5.67. The zero-order valence-corrected chi connectivity index (χ0v) is 18.7. The maximum Gasteiger partial charge on any atom is 0.309 e. The van der Waals surface area contributed by atoms with E-state index in [1.165, 1.54) is 5.56 Å². The summed E-state index contributed by atoms with van der Waals surface area (Å²) in [4.78, 5) is 17.4. The first-order valence-electron chi connectivity index (χ1n) is 10.7. The third-order valence-corrected chi connectivity index (χ3v) is 7.41. The Labute approximate surface area is 192 Å². The number of hydrogen-bond donors (Lipinski definition) is 0. The average Bonchev–Trinajstić information content (AvgIpc) is 3.09. The predicted molar refractivity (Wildman–Crippen MR) is 123 cm³/mol. The molecular formula is C26H23Cl2NO2. The van der Waals surface area contributed by atoms with Gasteiger partial charge in [0.1, 0.15) is 6.10 Å². The van der Waals surface area contributed by atoms with Crippen LogP contribution in [0, 0.1) is 11.8 Å². The summed E-state index contributed by atoms with van der Waals surface area (Å²) in [6.07, 6.45) is 3.56. The van der Waals surface area contributed by atoms with E-state index in [9.17, 15) is 4.79 Å². The van der Waals surface area contributed by atoms with Crippen LogP contribution in [0.15, 0.2) is 66.9 Å². The van der Waals surface area contributed by atoms with Gasteiger partial charge in [-0.15, -0.1) is 0 Å². The number of hydrogen-bond acceptors (Lipinski definition) is 3. The summed E-state index contributed by atoms with van der Waals surface area (Å²) >= 11 is 12.6. The number of pyridine rings is 1. The molecule has 2 heterocycles. The van der Waals surface area contributed by atoms with Gasteiger partial charge in [-0.05, 0) is 55.5 Å². The van der Waals surface area contributed by atoms with E-state index in [4.69, 9.17) is 32.9 Å². The van der Waals surface area contributed by atoms with E-state index in [0.29, 0.717) is 16.0 Å². The summed E-state index contributed by atoms with van der Waals surface area (Å²) in [5.41, 5.74) is 4.07. The molecule has 5 heteroatoms. The number of cyclic esters (lactones) is 1. The van der Waals surface area contributed by atoms with Gasteiger partial charge < -0.3 is 4.74 Å². The standard InChI is InChI=1S/C26H23Cl2NO2/c1-15-24-20(26(30)31-15)10-9-19(16-5-3-2-4-6-16)25(24)23-12-7-17(14-29-23)21-13-18(27)8-11-22(21)28/h2-8,11-15,19-20,24-25H,9-10H2,1H3. The molecule has 0 amide bonds. The van der Waals surface area contributed by atoms with Crippen LogP contribution >= 0.6 is 23.2 Å². The topological polar surface area (TPSA) is 39.2 Å². The van der Waals surface area contributed by atoms with Crippen LogP contribution in [0.2, 0.25) is 10.0 Å². The van der Waals surface area contributed by atoms with Gasteiger partial charge in [0.05, 0.1) is 5.92 Å². The van der Waals surface area contributed by atoms with Crippen LogP contribution in [0.3, 0.4) is 0 Å². The first-order valence-corrected chi connectivity index (χ1v) is 11.5. The molecule has 2 fully saturated rings. The maximum atomic E-state index is 12.5. The minimum atomic E-state index is -0.113. The Morgan fingerprint density at radius 3 is 2.48 bits per heavy atom. The van der Waals surface area contributed by atoms with Crippen LogP contribution in [-0.2, 0) is 9.53 Å². The van der Waals surface area contributed by atoms with Crippen molar-refractivity contribution >= 4 is 29.2 Å². The molecule has 31 heavy (non-hydrogen) atoms. The van der Waals surface area contributed by atoms with Crippen molar-refractivity contribution in [1.29, 1.82) is 0 Å². The number of carbonyl (C=O) groups excluding carboxylic acids is 1. The molecule has 1 saturated heterocycles. The zero-order chi connectivity index (χ0) is 21.5. The summed E-state index contributed by atoms with van der Waals surface area (Å²) in [7, 11) is 0. The lowest BCUT2D eigenvalue weighted by Gasteiger charge is -2.39. The second kappa shape index (κ2) is 8.29. The third kappa shape index (κ3) is 3.75. The Kier molecular flexibility index (Phi) is 5.49. The van der Waals surface area contributed by atoms with Crippen molar-refractivity contribution in [3.8, 4) is 11.1 Å². The Balaban J connectivity index is 1.55. The van der Waals surface area contributed by atoms with Crippen LogP contribution in [0.5, 0.6) is 0 Å². The Morgan fingerprint density at radius 1 is 0.968 bits per heavy atom. The Hall–Kier alpha value is -2.36. The number of fused-ring (bicyclic) bond motifs is 1. The van der Waals surface area contributed by atoms with Gasteiger partial charge in [-0.25, -0.2) is 0 Å². The minimum absolute atomic E-state index is 0.0520. The van der Waals surface area contributed by atoms with Crippen LogP contribution in [-0.4, -0.2) is 17.1 Å². The molecule has 1 saturated carbocycles. The van der Waals surface area contributed by atoms with Crippen LogP contribution in [0.25, 0.3) is 11.1 Å². The lowest BCUT2D eigenvalue weighted by Crippen LogP contribution is -2.35. The van der Waals surface area contributed by atoms with Crippen LogP contribution in [0.1, 0.15) is 42.9 Å². The van der Waals surface area contributed by atoms with Gasteiger partial charge >= 0.3 is 5.97 Å². The molecule has 5 atom stereocenters. The Bertz CT molecular complexity index is 1100. The molecule has 0 N–H and O–H groups in total. The number of rotatable bonds is 3. The van der Waals surface area contributed by atoms with Crippen molar-refractivity contribution in [3.63, 3.8) is 0 Å². The first-order chi connectivity index (χ1) is 15.0. The average molecular weight is 452 g/mol. The second-order valence-electron chi connectivity index (χ2n) is 8.54. The fourth-order valence-corrected chi connectivity index (χ4v) is 5.85. The molecule has 2 aliphatic rings. The molecule has 5 rings (SSSR count). The van der Waals surface area contributed by atoms with Crippen molar-refractivity contribution in [2.24, 2.45) is 11.8 Å². The number of esters is 1. The molecule has 0 bridgehead atoms. The van der Waals surface area contributed by atoms with Crippen LogP contribution in [0.4, 0.5) is 0 Å². The van der Waals surface area contributed by atoms with Crippen LogP contribution < -0.4 is 0 Å². The molecule has 1 aliphatic heterocycles. The molecule has 0 radical (unpaired) electrons. The summed E-state index contributed by atoms with van der Waals surface area (Å²) in [6.45, 7) is 2.02. The summed E-state index contributed by atoms with van der Waals surface area (Å²) in [6, 6.07) is 20.1. The summed E-state index contributed by atoms with van der Waals surface area (Å²) in [5, 5.41) is 1.28. The molecular weight excluding hydrogens is 429 g/mol. The van der Waals surface area contributed by atoms with E-state index in [1.807, 2.05) is 31.3 Å². The van der Waals surface area contributed by atoms with Crippen molar-refractivity contribution in [3.05, 3.63) is 88.2 Å². The van der Waals surface area contributed by atoms with Gasteiger partial charge in [-0.1, -0.05) is 59.6 Å². The number of ether oxygens (including phenoxy) is 1. The number of halogens is 2. The smallest absolute Gasteiger partial charge is 0.309 e. The van der Waals surface area contributed by atoms with E-state index in [-0.39, 0.29) is 29.8 Å². The van der Waals surface area contributed by atoms with Gasteiger partial charge in [0.15, 0.2) is 0 Å². The highest BCUT2D eigenvalue weighted by Crippen LogP contribution is 2.53. The quantitative estimate of drug-likeness (QED) is 0.406. The lowest BCUT2D eigenvalue weighted by molar-refractivity contribution is -0.143. The lowest BCUT2D eigenvalue weighted by atomic mass is 9.63. The highest BCUT2D eigenvalue weighted by Gasteiger charge is 2.52.